The Hall–Kier alpha value is -3.44. The number of hydrogen-bond acceptors (Lipinski definition) is 4. The molecule has 2 aromatic rings. The second kappa shape index (κ2) is 13.5. The number of aliphatic hydroxyl groups is 1. The number of rotatable bonds is 9. The summed E-state index contributed by atoms with van der Waals surface area (Å²) in [4.78, 5) is 33.1. The van der Waals surface area contributed by atoms with Gasteiger partial charge in [-0.2, -0.15) is 13.2 Å². The predicted octanol–water partition coefficient (Wildman–Crippen LogP) is 6.46. The summed E-state index contributed by atoms with van der Waals surface area (Å²) in [6.45, 7) is 7.46. The Bertz CT molecular complexity index is 1480. The van der Waals surface area contributed by atoms with Crippen molar-refractivity contribution >= 4 is 11.9 Å². The third-order valence-corrected chi connectivity index (χ3v) is 11.4. The number of alkyl halides is 3. The molecule has 260 valence electrons. The molecule has 2 bridgehead atoms. The van der Waals surface area contributed by atoms with Crippen LogP contribution in [-0.4, -0.2) is 75.5 Å². The summed E-state index contributed by atoms with van der Waals surface area (Å²) in [6, 6.07) is 10.8. The molecule has 3 heterocycles. The van der Waals surface area contributed by atoms with Gasteiger partial charge in [-0.05, 0) is 80.8 Å². The van der Waals surface area contributed by atoms with Gasteiger partial charge in [0.15, 0.2) is 0 Å². The van der Waals surface area contributed by atoms with E-state index in [1.165, 1.54) is 24.3 Å². The molecule has 2 unspecified atom stereocenters. The van der Waals surface area contributed by atoms with Crippen LogP contribution in [0, 0.1) is 17.7 Å². The molecule has 4 fully saturated rings. The number of fused-ring (bicyclic) bond motifs is 2. The van der Waals surface area contributed by atoms with E-state index in [1.807, 2.05) is 0 Å². The van der Waals surface area contributed by atoms with Crippen LogP contribution in [0.25, 0.3) is 0 Å². The Morgan fingerprint density at radius 3 is 2.33 bits per heavy atom. The van der Waals surface area contributed by atoms with E-state index in [0.29, 0.717) is 43.6 Å². The average molecular weight is 671 g/mol. The number of nitrogens with one attached hydrogen (secondary N) is 1. The molecule has 2 N–H and O–H groups in total. The normalized spacial score (nSPS) is 29.3. The van der Waals surface area contributed by atoms with Gasteiger partial charge in [0.25, 0.3) is 0 Å². The number of carbonyl (C=O) groups is 2. The van der Waals surface area contributed by atoms with Crippen LogP contribution in [0.2, 0.25) is 0 Å². The summed E-state index contributed by atoms with van der Waals surface area (Å²) < 4.78 is 53.4. The van der Waals surface area contributed by atoms with Crippen molar-refractivity contribution in [3.8, 4) is 0 Å². The quantitative estimate of drug-likeness (QED) is 0.237. The highest BCUT2D eigenvalue weighted by atomic mass is 19.4. The topological polar surface area (TPSA) is 76.1 Å². The van der Waals surface area contributed by atoms with Crippen molar-refractivity contribution in [2.24, 2.45) is 11.8 Å². The first kappa shape index (κ1) is 34.4. The number of piperidine rings is 1. The minimum Gasteiger partial charge on any atom is -0.383 e. The van der Waals surface area contributed by atoms with Crippen molar-refractivity contribution in [2.75, 3.05) is 26.2 Å². The monoisotopic (exact) mass is 670 g/mol. The van der Waals surface area contributed by atoms with Crippen LogP contribution in [0.15, 0.2) is 61.2 Å². The van der Waals surface area contributed by atoms with Gasteiger partial charge in [0.05, 0.1) is 12.1 Å². The first-order valence-electron chi connectivity index (χ1n) is 17.2. The van der Waals surface area contributed by atoms with E-state index < -0.39 is 28.7 Å². The van der Waals surface area contributed by atoms with Crippen LogP contribution in [0.1, 0.15) is 75.0 Å². The molecule has 0 spiro atoms. The lowest BCUT2D eigenvalue weighted by Crippen LogP contribution is -2.61. The number of β-amino-alcohol motifs (C(OH)–C–C–N with tert-alkyl or cyclic N) is 1. The highest BCUT2D eigenvalue weighted by Gasteiger charge is 2.54. The molecular weight excluding hydrogens is 624 g/mol. The van der Waals surface area contributed by atoms with Crippen LogP contribution in [0.5, 0.6) is 0 Å². The lowest BCUT2D eigenvalue weighted by Gasteiger charge is -2.51. The van der Waals surface area contributed by atoms with Crippen LogP contribution < -0.4 is 5.32 Å². The van der Waals surface area contributed by atoms with E-state index in [4.69, 9.17) is 0 Å². The summed E-state index contributed by atoms with van der Waals surface area (Å²) in [5.41, 5.74) is -1.56. The summed E-state index contributed by atoms with van der Waals surface area (Å²) >= 11 is 0. The van der Waals surface area contributed by atoms with Crippen molar-refractivity contribution in [3.63, 3.8) is 0 Å². The molecule has 7 nitrogen and oxygen atoms in total. The van der Waals surface area contributed by atoms with Crippen LogP contribution in [0.4, 0.5) is 22.4 Å². The van der Waals surface area contributed by atoms with Gasteiger partial charge in [0.2, 0.25) is 5.91 Å². The number of carbonyl (C=O) groups excluding carboxylic acids is 2. The summed E-state index contributed by atoms with van der Waals surface area (Å²) in [5, 5.41) is 15.2. The highest BCUT2D eigenvalue weighted by Crippen LogP contribution is 2.47. The van der Waals surface area contributed by atoms with Gasteiger partial charge in [0.1, 0.15) is 11.4 Å². The Morgan fingerprint density at radius 2 is 1.73 bits per heavy atom. The zero-order chi connectivity index (χ0) is 34.3. The van der Waals surface area contributed by atoms with Crippen molar-refractivity contribution in [2.45, 2.75) is 94.2 Å². The lowest BCUT2D eigenvalue weighted by atomic mass is 9.80. The molecule has 48 heavy (non-hydrogen) atoms. The fraction of sp³-hybridized carbons (Fsp3) is 0.568. The Kier molecular flexibility index (Phi) is 9.65. The smallest absolute Gasteiger partial charge is 0.383 e. The maximum Gasteiger partial charge on any atom is 0.416 e. The van der Waals surface area contributed by atoms with Gasteiger partial charge in [-0.25, -0.2) is 9.18 Å². The van der Waals surface area contributed by atoms with E-state index in [-0.39, 0.29) is 48.9 Å². The van der Waals surface area contributed by atoms with E-state index in [1.54, 1.807) is 28.0 Å². The molecule has 2 aromatic carbocycles. The minimum atomic E-state index is -4.42. The number of likely N-dealkylation sites (tertiary alicyclic amines) is 1. The van der Waals surface area contributed by atoms with Gasteiger partial charge in [0, 0.05) is 55.6 Å². The van der Waals surface area contributed by atoms with Gasteiger partial charge in [-0.1, -0.05) is 43.2 Å². The zero-order valence-electron chi connectivity index (χ0n) is 27.5. The summed E-state index contributed by atoms with van der Waals surface area (Å²) in [6.07, 6.45) is 4.33. The predicted molar refractivity (Wildman–Crippen MR) is 174 cm³/mol. The molecule has 3 amide bonds. The van der Waals surface area contributed by atoms with Crippen molar-refractivity contribution in [3.05, 3.63) is 83.7 Å². The van der Waals surface area contributed by atoms with Crippen molar-refractivity contribution in [1.82, 2.24) is 20.0 Å². The van der Waals surface area contributed by atoms with Crippen LogP contribution >= 0.6 is 0 Å². The maximum absolute atomic E-state index is 14.4. The molecule has 3 saturated heterocycles. The molecule has 11 heteroatoms. The maximum atomic E-state index is 14.4. The third-order valence-electron chi connectivity index (χ3n) is 11.4. The fourth-order valence-electron chi connectivity index (χ4n) is 8.88. The Labute approximate surface area is 280 Å². The third kappa shape index (κ3) is 6.85. The lowest BCUT2D eigenvalue weighted by molar-refractivity contribution is -0.137. The molecule has 6 rings (SSSR count). The highest BCUT2D eigenvalue weighted by molar-refractivity contribution is 5.79. The van der Waals surface area contributed by atoms with Gasteiger partial charge < -0.3 is 20.2 Å². The second-order valence-electron chi connectivity index (χ2n) is 14.6. The van der Waals surface area contributed by atoms with E-state index in [0.717, 1.165) is 50.7 Å². The first-order chi connectivity index (χ1) is 22.8. The number of amides is 3. The van der Waals surface area contributed by atoms with Gasteiger partial charge in [-0.3, -0.25) is 9.69 Å². The van der Waals surface area contributed by atoms with Gasteiger partial charge >= 0.3 is 12.2 Å². The molecule has 0 radical (unpaired) electrons. The fourth-order valence-corrected chi connectivity index (χ4v) is 8.88. The average Bonchev–Trinajstić information content (AvgIpc) is 3.76. The number of hydrogen-bond donors (Lipinski definition) is 2. The zero-order valence-corrected chi connectivity index (χ0v) is 27.5. The number of nitrogens with zero attached hydrogens (tertiary/aromatic N) is 3. The molecule has 1 saturated carbocycles. The molecular formula is C37H46F4N4O3. The summed E-state index contributed by atoms with van der Waals surface area (Å²) in [7, 11) is 0. The molecule has 3 aliphatic heterocycles. The largest absolute Gasteiger partial charge is 0.416 e. The Morgan fingerprint density at radius 1 is 1.06 bits per heavy atom. The number of halogens is 4. The van der Waals surface area contributed by atoms with E-state index in [9.17, 15) is 32.3 Å². The van der Waals surface area contributed by atoms with Crippen molar-refractivity contribution in [1.29, 1.82) is 0 Å². The SMILES string of the molecule is C=CCN(C(=O)NCc1ccc(C(F)(F)F)cc1)C1(C)CC2CCC(C1)N2C[C@H]1CN(C(=O)C2CCCC2)C[C@]1(O)c1cccc(F)c1. The molecule has 0 aromatic heterocycles. The molecule has 4 atom stereocenters. The van der Waals surface area contributed by atoms with E-state index in [2.05, 4.69) is 23.7 Å². The molecule has 4 aliphatic rings. The standard InChI is InChI=1S/C37H46F4N4O3/c1-3-17-45(34(47)42-21-25-11-13-27(14-12-25)37(39,40)41)35(2)19-31-15-16-32(20-35)44(31)23-29-22-43(33(46)26-7-4-5-8-26)24-36(29,48)28-9-6-10-30(38)18-28/h3,6,9-14,18,26,29,31-32,48H,1,4-5,7-8,15-17,19-24H2,2H3,(H,42,47)/t29-,31?,32?,35?,36+/m1/s1. The van der Waals surface area contributed by atoms with Crippen LogP contribution in [0.3, 0.4) is 0 Å². The second-order valence-corrected chi connectivity index (χ2v) is 14.6. The number of benzene rings is 2. The minimum absolute atomic E-state index is 0.0198. The van der Waals surface area contributed by atoms with Crippen LogP contribution in [-0.2, 0) is 23.1 Å². The Balaban J connectivity index is 1.16. The van der Waals surface area contributed by atoms with Gasteiger partial charge in [-0.15, -0.1) is 6.58 Å². The summed E-state index contributed by atoms with van der Waals surface area (Å²) in [5.74, 6) is -0.670. The first-order valence-corrected chi connectivity index (χ1v) is 17.2. The van der Waals surface area contributed by atoms with E-state index >= 15 is 0 Å². The number of urea groups is 1. The van der Waals surface area contributed by atoms with Crippen molar-refractivity contribution < 1.29 is 32.3 Å². The molecule has 1 aliphatic carbocycles.